The molecule has 0 saturated carbocycles. The van der Waals surface area contributed by atoms with Crippen LogP contribution in [0.5, 0.6) is 5.75 Å². The first-order valence-electron chi connectivity index (χ1n) is 9.86. The van der Waals surface area contributed by atoms with Gasteiger partial charge >= 0.3 is 0 Å². The third-order valence-electron chi connectivity index (χ3n) is 4.59. The van der Waals surface area contributed by atoms with Gasteiger partial charge in [-0.2, -0.15) is 0 Å². The van der Waals surface area contributed by atoms with E-state index in [1.807, 2.05) is 43.3 Å². The fraction of sp³-hybridized carbons (Fsp3) is 0.261. The molecule has 1 N–H and O–H groups in total. The zero-order valence-corrected chi connectivity index (χ0v) is 19.9. The molecule has 3 amide bonds. The van der Waals surface area contributed by atoms with E-state index < -0.39 is 17.1 Å². The van der Waals surface area contributed by atoms with Gasteiger partial charge in [0.25, 0.3) is 11.1 Å². The molecule has 2 aromatic carbocycles. The summed E-state index contributed by atoms with van der Waals surface area (Å²) >= 11 is 4.22. The van der Waals surface area contributed by atoms with Crippen LogP contribution >= 0.6 is 27.7 Å². The Balaban J connectivity index is 1.71. The maximum atomic E-state index is 12.8. The topological polar surface area (TPSA) is 75.7 Å². The molecule has 3 rings (SSSR count). The molecule has 31 heavy (non-hydrogen) atoms. The van der Waals surface area contributed by atoms with Crippen LogP contribution < -0.4 is 10.1 Å². The molecule has 6 nitrogen and oxygen atoms in total. The van der Waals surface area contributed by atoms with Gasteiger partial charge in [0.05, 0.1) is 11.5 Å². The summed E-state index contributed by atoms with van der Waals surface area (Å²) in [6.07, 6.45) is 1.61. The maximum absolute atomic E-state index is 12.8. The zero-order valence-electron chi connectivity index (χ0n) is 17.5. The minimum Gasteiger partial charge on any atom is -0.493 e. The highest BCUT2D eigenvalue weighted by Crippen LogP contribution is 2.34. The van der Waals surface area contributed by atoms with Crippen LogP contribution in [0.25, 0.3) is 6.08 Å². The van der Waals surface area contributed by atoms with E-state index in [1.54, 1.807) is 12.1 Å². The minimum absolute atomic E-state index is 0.248. The number of ether oxygens (including phenoxy) is 1. The van der Waals surface area contributed by atoms with Crippen molar-refractivity contribution in [2.24, 2.45) is 0 Å². The number of anilines is 1. The number of hydrogen-bond donors (Lipinski definition) is 1. The Morgan fingerprint density at radius 1 is 1.19 bits per heavy atom. The SMILES string of the molecule is CCOc1ccc(Br)cc1/C=C1/SC(=O)N(CC(=O)Nc2ccc(C(C)C)cc2)C1=O. The molecule has 0 aliphatic carbocycles. The monoisotopic (exact) mass is 502 g/mol. The molecule has 0 bridgehead atoms. The van der Waals surface area contributed by atoms with Crippen LogP contribution in [0.3, 0.4) is 0 Å². The van der Waals surface area contributed by atoms with E-state index >= 15 is 0 Å². The molecule has 2 aromatic rings. The van der Waals surface area contributed by atoms with Crippen molar-refractivity contribution in [3.8, 4) is 5.75 Å². The predicted molar refractivity (Wildman–Crippen MR) is 127 cm³/mol. The number of imide groups is 1. The lowest BCUT2D eigenvalue weighted by Crippen LogP contribution is -2.36. The van der Waals surface area contributed by atoms with E-state index in [4.69, 9.17) is 4.74 Å². The summed E-state index contributed by atoms with van der Waals surface area (Å²) in [6, 6.07) is 12.9. The van der Waals surface area contributed by atoms with Gasteiger partial charge < -0.3 is 10.1 Å². The number of carbonyl (C=O) groups excluding carboxylic acids is 3. The van der Waals surface area contributed by atoms with Crippen LogP contribution in [0.1, 0.15) is 37.8 Å². The second-order valence-electron chi connectivity index (χ2n) is 7.21. The number of nitrogens with zero attached hydrogens (tertiary/aromatic N) is 1. The molecule has 1 saturated heterocycles. The van der Waals surface area contributed by atoms with E-state index in [2.05, 4.69) is 35.1 Å². The highest BCUT2D eigenvalue weighted by molar-refractivity contribution is 9.10. The van der Waals surface area contributed by atoms with Gasteiger partial charge in [0.15, 0.2) is 0 Å². The van der Waals surface area contributed by atoms with Crippen LogP contribution in [0.2, 0.25) is 0 Å². The van der Waals surface area contributed by atoms with E-state index in [0.29, 0.717) is 29.5 Å². The maximum Gasteiger partial charge on any atom is 0.294 e. The molecule has 0 aromatic heterocycles. The molecule has 0 spiro atoms. The molecule has 0 atom stereocenters. The quantitative estimate of drug-likeness (QED) is 0.495. The van der Waals surface area contributed by atoms with Crippen molar-refractivity contribution in [1.82, 2.24) is 4.90 Å². The molecular weight excluding hydrogens is 480 g/mol. The number of carbonyl (C=O) groups is 3. The van der Waals surface area contributed by atoms with Crippen molar-refractivity contribution >= 4 is 56.5 Å². The molecular formula is C23H23BrN2O4S. The van der Waals surface area contributed by atoms with Gasteiger partial charge in [0.1, 0.15) is 12.3 Å². The fourth-order valence-corrected chi connectivity index (χ4v) is 4.20. The Labute approximate surface area is 194 Å². The average Bonchev–Trinajstić information content (AvgIpc) is 2.98. The van der Waals surface area contributed by atoms with Crippen molar-refractivity contribution in [2.45, 2.75) is 26.7 Å². The fourth-order valence-electron chi connectivity index (χ4n) is 2.99. The van der Waals surface area contributed by atoms with Crippen LogP contribution in [-0.4, -0.2) is 35.1 Å². The second kappa shape index (κ2) is 10.2. The van der Waals surface area contributed by atoms with E-state index in [1.165, 1.54) is 0 Å². The number of halogens is 1. The summed E-state index contributed by atoms with van der Waals surface area (Å²) < 4.78 is 6.42. The van der Waals surface area contributed by atoms with Crippen LogP contribution in [-0.2, 0) is 9.59 Å². The number of amides is 3. The first-order valence-corrected chi connectivity index (χ1v) is 11.5. The Morgan fingerprint density at radius 2 is 1.90 bits per heavy atom. The molecule has 1 fully saturated rings. The smallest absolute Gasteiger partial charge is 0.294 e. The average molecular weight is 503 g/mol. The third-order valence-corrected chi connectivity index (χ3v) is 6.00. The first kappa shape index (κ1) is 23.1. The van der Waals surface area contributed by atoms with E-state index in [0.717, 1.165) is 26.7 Å². The standard InChI is InChI=1S/C23H23BrN2O4S/c1-4-30-19-10-7-17(24)11-16(19)12-20-22(28)26(23(29)31-20)13-21(27)25-18-8-5-15(6-9-18)14(2)3/h5-12,14H,4,13H2,1-3H3,(H,25,27)/b20-12+. The van der Waals surface area contributed by atoms with E-state index in [9.17, 15) is 14.4 Å². The van der Waals surface area contributed by atoms with E-state index in [-0.39, 0.29) is 11.4 Å². The Kier molecular flexibility index (Phi) is 7.56. The van der Waals surface area contributed by atoms with Gasteiger partial charge in [0, 0.05) is 15.7 Å². The van der Waals surface area contributed by atoms with Crippen molar-refractivity contribution in [2.75, 3.05) is 18.5 Å². The predicted octanol–water partition coefficient (Wildman–Crippen LogP) is 5.65. The highest BCUT2D eigenvalue weighted by atomic mass is 79.9. The summed E-state index contributed by atoms with van der Waals surface area (Å²) in [5, 5.41) is 2.26. The molecule has 1 aliphatic rings. The first-order chi connectivity index (χ1) is 14.8. The molecule has 1 heterocycles. The normalized spacial score (nSPS) is 15.1. The summed E-state index contributed by atoms with van der Waals surface area (Å²) in [7, 11) is 0. The summed E-state index contributed by atoms with van der Waals surface area (Å²) in [4.78, 5) is 38.8. The van der Waals surface area contributed by atoms with Gasteiger partial charge in [-0.25, -0.2) is 0 Å². The Morgan fingerprint density at radius 3 is 2.55 bits per heavy atom. The van der Waals surface area contributed by atoms with Crippen molar-refractivity contribution in [3.05, 3.63) is 63.0 Å². The lowest BCUT2D eigenvalue weighted by molar-refractivity contribution is -0.127. The van der Waals surface area contributed by atoms with Crippen molar-refractivity contribution in [1.29, 1.82) is 0 Å². The summed E-state index contributed by atoms with van der Waals surface area (Å²) in [6.45, 7) is 6.18. The van der Waals surface area contributed by atoms with Crippen LogP contribution in [0.15, 0.2) is 51.8 Å². The summed E-state index contributed by atoms with van der Waals surface area (Å²) in [5.41, 5.74) is 2.46. The molecule has 0 unspecified atom stereocenters. The van der Waals surface area contributed by atoms with Crippen molar-refractivity contribution < 1.29 is 19.1 Å². The van der Waals surface area contributed by atoms with Crippen molar-refractivity contribution in [3.63, 3.8) is 0 Å². The molecule has 1 aliphatic heterocycles. The number of rotatable bonds is 7. The third kappa shape index (κ3) is 5.77. The van der Waals surface area contributed by atoms with Crippen LogP contribution in [0.4, 0.5) is 10.5 Å². The number of benzene rings is 2. The molecule has 8 heteroatoms. The van der Waals surface area contributed by atoms with Gasteiger partial charge in [-0.3, -0.25) is 19.3 Å². The van der Waals surface area contributed by atoms with Gasteiger partial charge in [0.2, 0.25) is 5.91 Å². The Bertz CT molecular complexity index is 1030. The molecule has 0 radical (unpaired) electrons. The van der Waals surface area contributed by atoms with Gasteiger partial charge in [-0.05, 0) is 66.6 Å². The highest BCUT2D eigenvalue weighted by Gasteiger charge is 2.36. The minimum atomic E-state index is -0.497. The number of thioether (sulfide) groups is 1. The van der Waals surface area contributed by atoms with Gasteiger partial charge in [-0.1, -0.05) is 41.9 Å². The number of hydrogen-bond acceptors (Lipinski definition) is 5. The zero-order chi connectivity index (χ0) is 22.5. The largest absolute Gasteiger partial charge is 0.493 e. The van der Waals surface area contributed by atoms with Crippen LogP contribution in [0, 0.1) is 0 Å². The lowest BCUT2D eigenvalue weighted by Gasteiger charge is -2.13. The second-order valence-corrected chi connectivity index (χ2v) is 9.12. The molecule has 162 valence electrons. The number of nitrogens with one attached hydrogen (secondary N) is 1. The lowest BCUT2D eigenvalue weighted by atomic mass is 10.0. The van der Waals surface area contributed by atoms with Gasteiger partial charge in [-0.15, -0.1) is 0 Å². The summed E-state index contributed by atoms with van der Waals surface area (Å²) in [5.74, 6) is 0.0708. The Hall–Kier alpha value is -2.58.